The van der Waals surface area contributed by atoms with Gasteiger partial charge in [0.05, 0.1) is 22.2 Å². The normalized spacial score (nSPS) is 13.5. The summed E-state index contributed by atoms with van der Waals surface area (Å²) in [5, 5.41) is 11.2. The maximum Gasteiger partial charge on any atom is 0.416 e. The van der Waals surface area contributed by atoms with Gasteiger partial charge in [0.15, 0.2) is 5.82 Å². The molecule has 0 aliphatic carbocycles. The van der Waals surface area contributed by atoms with Crippen molar-refractivity contribution in [2.75, 3.05) is 0 Å². The Labute approximate surface area is 152 Å². The van der Waals surface area contributed by atoms with Crippen molar-refractivity contribution in [1.82, 2.24) is 24.9 Å². The van der Waals surface area contributed by atoms with Crippen molar-refractivity contribution in [3.63, 3.8) is 0 Å². The smallest absolute Gasteiger partial charge is 0.207 e. The van der Waals surface area contributed by atoms with E-state index in [4.69, 9.17) is 0 Å². The lowest BCUT2D eigenvalue weighted by molar-refractivity contribution is -0.137. The van der Waals surface area contributed by atoms with E-state index in [-0.39, 0.29) is 5.82 Å². The third-order valence-corrected chi connectivity index (χ3v) is 5.22. The van der Waals surface area contributed by atoms with Crippen molar-refractivity contribution in [3.05, 3.63) is 66.0 Å². The Hall–Kier alpha value is -2.79. The second-order valence-corrected chi connectivity index (χ2v) is 7.37. The van der Waals surface area contributed by atoms with E-state index in [0.717, 1.165) is 18.2 Å². The highest BCUT2D eigenvalue weighted by atomic mass is 32.2. The van der Waals surface area contributed by atoms with Crippen LogP contribution in [0.4, 0.5) is 13.2 Å². The highest BCUT2D eigenvalue weighted by Crippen LogP contribution is 2.30. The Bertz CT molecular complexity index is 1040. The van der Waals surface area contributed by atoms with E-state index in [1.54, 1.807) is 30.3 Å². The molecule has 3 aromatic rings. The van der Waals surface area contributed by atoms with Crippen LogP contribution in [0.15, 0.2) is 59.5 Å². The van der Waals surface area contributed by atoms with Gasteiger partial charge in [-0.3, -0.25) is 0 Å². The second kappa shape index (κ2) is 7.08. The fraction of sp³-hybridized carbons (Fsp3) is 0.188. The lowest BCUT2D eigenvalue weighted by atomic mass is 10.2. The molecule has 0 aliphatic rings. The number of para-hydroxylation sites is 1. The average molecular weight is 397 g/mol. The minimum absolute atomic E-state index is 0.191. The standard InChI is InChI=1S/C16H14F3N5O2S/c1-11(15-20-22-23-24(15)13-7-3-2-4-8-13)21-27(25,26)14-9-5-6-12(10-14)16(17,18)19/h2-11,21H,1H3. The third-order valence-electron chi connectivity index (χ3n) is 3.69. The van der Waals surface area contributed by atoms with Crippen molar-refractivity contribution >= 4 is 10.0 Å². The van der Waals surface area contributed by atoms with Gasteiger partial charge in [-0.1, -0.05) is 24.3 Å². The van der Waals surface area contributed by atoms with Crippen LogP contribution in [0.5, 0.6) is 0 Å². The van der Waals surface area contributed by atoms with E-state index >= 15 is 0 Å². The van der Waals surface area contributed by atoms with Crippen molar-refractivity contribution in [2.45, 2.75) is 24.0 Å². The number of sulfonamides is 1. The highest BCUT2D eigenvalue weighted by Gasteiger charge is 2.32. The summed E-state index contributed by atoms with van der Waals surface area (Å²) in [5.41, 5.74) is -0.435. The summed E-state index contributed by atoms with van der Waals surface area (Å²) < 4.78 is 67.2. The minimum Gasteiger partial charge on any atom is -0.207 e. The quantitative estimate of drug-likeness (QED) is 0.715. The molecular formula is C16H14F3N5O2S. The fourth-order valence-corrected chi connectivity index (χ4v) is 3.66. The number of rotatable bonds is 5. The number of hydrogen-bond donors (Lipinski definition) is 1. The van der Waals surface area contributed by atoms with Crippen LogP contribution in [0.3, 0.4) is 0 Å². The summed E-state index contributed by atoms with van der Waals surface area (Å²) >= 11 is 0. The lowest BCUT2D eigenvalue weighted by Crippen LogP contribution is -2.29. The topological polar surface area (TPSA) is 89.8 Å². The van der Waals surface area contributed by atoms with Crippen LogP contribution < -0.4 is 4.72 Å². The van der Waals surface area contributed by atoms with Gasteiger partial charge in [0.25, 0.3) is 0 Å². The van der Waals surface area contributed by atoms with E-state index in [9.17, 15) is 21.6 Å². The molecule has 0 radical (unpaired) electrons. The molecule has 142 valence electrons. The van der Waals surface area contributed by atoms with Crippen molar-refractivity contribution < 1.29 is 21.6 Å². The molecular weight excluding hydrogens is 383 g/mol. The van der Waals surface area contributed by atoms with Crippen LogP contribution in [-0.2, 0) is 16.2 Å². The first-order chi connectivity index (χ1) is 12.7. The molecule has 7 nitrogen and oxygen atoms in total. The van der Waals surface area contributed by atoms with Gasteiger partial charge >= 0.3 is 6.18 Å². The summed E-state index contributed by atoms with van der Waals surface area (Å²) in [6.45, 7) is 1.50. The van der Waals surface area contributed by atoms with Crippen LogP contribution in [0.2, 0.25) is 0 Å². The van der Waals surface area contributed by atoms with E-state index in [1.165, 1.54) is 11.6 Å². The number of alkyl halides is 3. The maximum absolute atomic E-state index is 12.8. The molecule has 1 heterocycles. The Kier molecular flexibility index (Phi) is 4.98. The molecule has 3 rings (SSSR count). The molecule has 1 aromatic heterocycles. The third kappa shape index (κ3) is 4.14. The summed E-state index contributed by atoms with van der Waals surface area (Å²) in [7, 11) is -4.23. The minimum atomic E-state index is -4.64. The first-order valence-corrected chi connectivity index (χ1v) is 9.20. The number of nitrogens with zero attached hydrogens (tertiary/aromatic N) is 4. The van der Waals surface area contributed by atoms with Gasteiger partial charge in [-0.2, -0.15) is 17.9 Å². The Morgan fingerprint density at radius 3 is 2.44 bits per heavy atom. The highest BCUT2D eigenvalue weighted by molar-refractivity contribution is 7.89. The average Bonchev–Trinajstić information content (AvgIpc) is 3.11. The zero-order chi connectivity index (χ0) is 19.7. The first kappa shape index (κ1) is 19.0. The molecule has 1 N–H and O–H groups in total. The molecule has 0 aliphatic heterocycles. The van der Waals surface area contributed by atoms with Crippen LogP contribution in [0.1, 0.15) is 24.4 Å². The Morgan fingerprint density at radius 2 is 1.78 bits per heavy atom. The molecule has 0 bridgehead atoms. The number of hydrogen-bond acceptors (Lipinski definition) is 5. The Morgan fingerprint density at radius 1 is 1.07 bits per heavy atom. The zero-order valence-corrected chi connectivity index (χ0v) is 14.7. The first-order valence-electron chi connectivity index (χ1n) is 7.72. The molecule has 0 spiro atoms. The van der Waals surface area contributed by atoms with Gasteiger partial charge in [-0.25, -0.2) is 13.1 Å². The summed E-state index contributed by atoms with van der Waals surface area (Å²) in [6, 6.07) is 11.4. The number of halogens is 3. The van der Waals surface area contributed by atoms with Gasteiger partial charge in [0.1, 0.15) is 0 Å². The van der Waals surface area contributed by atoms with Gasteiger partial charge in [0.2, 0.25) is 10.0 Å². The van der Waals surface area contributed by atoms with E-state index < -0.39 is 32.7 Å². The summed E-state index contributed by atoms with van der Waals surface area (Å²) in [6.07, 6.45) is -4.64. The van der Waals surface area contributed by atoms with E-state index in [1.807, 2.05) is 0 Å². The van der Waals surface area contributed by atoms with Gasteiger partial charge in [-0.15, -0.1) is 5.10 Å². The molecule has 0 saturated carbocycles. The fourth-order valence-electron chi connectivity index (χ4n) is 2.41. The molecule has 0 amide bonds. The van der Waals surface area contributed by atoms with Crippen molar-refractivity contribution in [1.29, 1.82) is 0 Å². The largest absolute Gasteiger partial charge is 0.416 e. The number of aromatic nitrogens is 4. The molecule has 1 unspecified atom stereocenters. The van der Waals surface area contributed by atoms with Crippen LogP contribution in [0.25, 0.3) is 5.69 Å². The predicted octanol–water partition coefficient (Wildman–Crippen LogP) is 2.72. The summed E-state index contributed by atoms with van der Waals surface area (Å²) in [4.78, 5) is -0.497. The molecule has 11 heteroatoms. The molecule has 1 atom stereocenters. The SMILES string of the molecule is CC(NS(=O)(=O)c1cccc(C(F)(F)F)c1)c1nnnn1-c1ccccc1. The maximum atomic E-state index is 12.8. The van der Waals surface area contributed by atoms with E-state index in [0.29, 0.717) is 11.8 Å². The molecule has 2 aromatic carbocycles. The molecule has 0 saturated heterocycles. The monoisotopic (exact) mass is 397 g/mol. The van der Waals surface area contributed by atoms with Gasteiger partial charge in [-0.05, 0) is 47.7 Å². The van der Waals surface area contributed by atoms with Crippen molar-refractivity contribution in [2.24, 2.45) is 0 Å². The Balaban J connectivity index is 1.89. The van der Waals surface area contributed by atoms with Gasteiger partial charge in [0, 0.05) is 0 Å². The number of nitrogens with one attached hydrogen (secondary N) is 1. The number of benzene rings is 2. The lowest BCUT2D eigenvalue weighted by Gasteiger charge is -2.15. The van der Waals surface area contributed by atoms with Crippen molar-refractivity contribution in [3.8, 4) is 5.69 Å². The predicted molar refractivity (Wildman–Crippen MR) is 89.3 cm³/mol. The van der Waals surface area contributed by atoms with Crippen LogP contribution in [0, 0.1) is 0 Å². The summed E-state index contributed by atoms with van der Waals surface area (Å²) in [5.74, 6) is 0.191. The van der Waals surface area contributed by atoms with E-state index in [2.05, 4.69) is 20.2 Å². The zero-order valence-electron chi connectivity index (χ0n) is 13.9. The van der Waals surface area contributed by atoms with Gasteiger partial charge < -0.3 is 0 Å². The molecule has 0 fully saturated rings. The number of tetrazole rings is 1. The second-order valence-electron chi connectivity index (χ2n) is 5.65. The molecule has 27 heavy (non-hydrogen) atoms. The van der Waals surface area contributed by atoms with Crippen LogP contribution in [-0.4, -0.2) is 28.6 Å². The van der Waals surface area contributed by atoms with Crippen LogP contribution >= 0.6 is 0 Å².